The number of aliphatic hydroxyl groups is 7. The average molecular weight is 1240 g/mol. The Labute approximate surface area is 538 Å². The maximum absolute atomic E-state index is 15.4. The Morgan fingerprint density at radius 1 is 0.505 bits per heavy atom. The van der Waals surface area contributed by atoms with Gasteiger partial charge in [-0.1, -0.05) is 283 Å². The molecule has 91 heavy (non-hydrogen) atoms. The average Bonchev–Trinajstić information content (AvgIpc) is 0.672. The molecule has 8 N–H and O–H groups in total. The standard InChI is InChI=1S/C78H95NO12/c1-3-5-6-7-8-9-10-11-33-48-65(88-56-63-44-29-17-30-45-63)52-68(82)79-69-72(89-57-64-46-31-18-32-47-64)90-71(67(81)51-59-36-21-13-22-37-59)78(87,74(69,83)49-4-2)73-76(85,54-61-40-25-15-26-41-61)77(86,55-62-42-27-16-28-43-62)75(84,53-60-38-23-14-24-39-60)70(91-73)66(80)50-58-34-19-12-20-35-58/h4,12-32,34-47,65-67,69-73,80-81,83-87H,2-3,5-11,33,48-57H2,1H3,(H,79,82)/t65-,66?,67?,69-,70-,71-,72+,73-,74-,75-,76-,77+,78+/m1/s1. The molecule has 2 heterocycles. The van der Waals surface area contributed by atoms with E-state index in [1.165, 1.54) is 38.2 Å². The highest BCUT2D eigenvalue weighted by Crippen LogP contribution is 2.58. The summed E-state index contributed by atoms with van der Waals surface area (Å²) in [6.45, 7) is 6.44. The second-order valence-electron chi connectivity index (χ2n) is 25.4. The van der Waals surface area contributed by atoms with Gasteiger partial charge in [-0.2, -0.15) is 0 Å². The third-order valence-electron chi connectivity index (χ3n) is 18.8. The molecule has 13 nitrogen and oxygen atoms in total. The Bertz CT molecular complexity index is 3240. The molecule has 0 bridgehead atoms. The maximum atomic E-state index is 15.4. The maximum Gasteiger partial charge on any atom is 0.223 e. The molecular formula is C78H95NO12. The van der Waals surface area contributed by atoms with Crippen molar-refractivity contribution in [3.05, 3.63) is 264 Å². The molecule has 2 saturated heterocycles. The molecule has 0 aromatic heterocycles. The first-order chi connectivity index (χ1) is 44.1. The van der Waals surface area contributed by atoms with Gasteiger partial charge in [-0.25, -0.2) is 0 Å². The Hall–Kier alpha value is -6.69. The predicted molar refractivity (Wildman–Crippen MR) is 354 cm³/mol. The summed E-state index contributed by atoms with van der Waals surface area (Å²) in [5.41, 5.74) is -10.3. The Balaban J connectivity index is 1.23. The van der Waals surface area contributed by atoms with E-state index in [2.05, 4.69) is 18.8 Å². The number of hydrogen-bond acceptors (Lipinski definition) is 12. The fourth-order valence-corrected chi connectivity index (χ4v) is 14.0. The highest BCUT2D eigenvalue weighted by molar-refractivity contribution is 5.77. The topological polar surface area (TPSA) is 208 Å². The van der Waals surface area contributed by atoms with Crippen LogP contribution in [-0.2, 0) is 69.1 Å². The minimum atomic E-state index is -3.19. The van der Waals surface area contributed by atoms with Crippen molar-refractivity contribution in [1.82, 2.24) is 5.32 Å². The zero-order valence-corrected chi connectivity index (χ0v) is 52.7. The molecule has 13 atom stereocenters. The van der Waals surface area contributed by atoms with E-state index < -0.39 is 109 Å². The van der Waals surface area contributed by atoms with E-state index in [0.717, 1.165) is 31.2 Å². The highest BCUT2D eigenvalue weighted by atomic mass is 16.7. The summed E-state index contributed by atoms with van der Waals surface area (Å²) in [7, 11) is 0. The van der Waals surface area contributed by atoms with Gasteiger partial charge in [-0.3, -0.25) is 4.79 Å². The number of amides is 1. The van der Waals surface area contributed by atoms with Crippen LogP contribution < -0.4 is 5.32 Å². The number of rotatable bonds is 34. The van der Waals surface area contributed by atoms with Crippen molar-refractivity contribution in [2.45, 2.75) is 206 Å². The number of hydrogen-bond donors (Lipinski definition) is 8. The summed E-state index contributed by atoms with van der Waals surface area (Å²) in [6, 6.07) is 61.7. The van der Waals surface area contributed by atoms with Gasteiger partial charge in [0.1, 0.15) is 46.8 Å². The van der Waals surface area contributed by atoms with Crippen LogP contribution >= 0.6 is 0 Å². The van der Waals surface area contributed by atoms with E-state index in [0.29, 0.717) is 39.8 Å². The molecule has 2 fully saturated rings. The lowest BCUT2D eigenvalue weighted by Crippen LogP contribution is -2.91. The van der Waals surface area contributed by atoms with Gasteiger partial charge in [0, 0.05) is 32.1 Å². The second-order valence-corrected chi connectivity index (χ2v) is 25.4. The van der Waals surface area contributed by atoms with Crippen molar-refractivity contribution in [2.75, 3.05) is 0 Å². The van der Waals surface area contributed by atoms with E-state index in [-0.39, 0.29) is 32.5 Å². The van der Waals surface area contributed by atoms with Gasteiger partial charge >= 0.3 is 0 Å². The van der Waals surface area contributed by atoms with Crippen LogP contribution in [0.3, 0.4) is 0 Å². The van der Waals surface area contributed by atoms with Gasteiger partial charge in [0.25, 0.3) is 0 Å². The first-order valence-electron chi connectivity index (χ1n) is 32.8. The Morgan fingerprint density at radius 2 is 0.912 bits per heavy atom. The van der Waals surface area contributed by atoms with Crippen molar-refractivity contribution in [3.8, 4) is 0 Å². The molecule has 1 amide bonds. The molecule has 7 aromatic carbocycles. The molecule has 2 aliphatic rings. The number of carbonyl (C=O) groups is 1. The molecule has 9 rings (SSSR count). The number of ether oxygens (including phenoxy) is 4. The summed E-state index contributed by atoms with van der Waals surface area (Å²) in [4.78, 5) is 15.4. The van der Waals surface area contributed by atoms with Crippen LogP contribution in [-0.4, -0.2) is 119 Å². The third-order valence-corrected chi connectivity index (χ3v) is 18.8. The van der Waals surface area contributed by atoms with Gasteiger partial charge in [-0.15, -0.1) is 6.58 Å². The molecule has 0 saturated carbocycles. The number of benzene rings is 7. The molecule has 0 radical (unpaired) electrons. The van der Waals surface area contributed by atoms with Gasteiger partial charge in [-0.05, 0) is 51.8 Å². The van der Waals surface area contributed by atoms with E-state index >= 15 is 9.90 Å². The predicted octanol–water partition coefficient (Wildman–Crippen LogP) is 11.2. The van der Waals surface area contributed by atoms with Crippen molar-refractivity contribution in [3.63, 3.8) is 0 Å². The van der Waals surface area contributed by atoms with E-state index in [9.17, 15) is 30.6 Å². The van der Waals surface area contributed by atoms with Crippen LogP contribution in [0.15, 0.2) is 225 Å². The Kier molecular flexibility index (Phi) is 24.7. The Morgan fingerprint density at radius 3 is 1.38 bits per heavy atom. The van der Waals surface area contributed by atoms with Crippen LogP contribution in [0.25, 0.3) is 0 Å². The number of unbranched alkanes of at least 4 members (excludes halogenated alkanes) is 8. The van der Waals surface area contributed by atoms with Crippen LogP contribution in [0.5, 0.6) is 0 Å². The summed E-state index contributed by atoms with van der Waals surface area (Å²) >= 11 is 0. The van der Waals surface area contributed by atoms with E-state index in [1.807, 2.05) is 91.0 Å². The van der Waals surface area contributed by atoms with Crippen LogP contribution in [0.1, 0.15) is 123 Å². The van der Waals surface area contributed by atoms with Gasteiger partial charge in [0.2, 0.25) is 5.91 Å². The summed E-state index contributed by atoms with van der Waals surface area (Å²) in [6.07, 6.45) is -2.77. The van der Waals surface area contributed by atoms with E-state index in [1.54, 1.807) is 121 Å². The fraction of sp³-hybridized carbons (Fsp3) is 0.423. The number of carbonyl (C=O) groups excluding carboxylic acids is 1. The van der Waals surface area contributed by atoms with Crippen LogP contribution in [0.2, 0.25) is 0 Å². The molecule has 0 aliphatic carbocycles. The largest absolute Gasteiger partial charge is 0.390 e. The monoisotopic (exact) mass is 1240 g/mol. The van der Waals surface area contributed by atoms with Crippen molar-refractivity contribution < 1.29 is 59.5 Å². The molecule has 2 unspecified atom stereocenters. The van der Waals surface area contributed by atoms with E-state index in [4.69, 9.17) is 18.9 Å². The lowest BCUT2D eigenvalue weighted by atomic mass is 9.52. The van der Waals surface area contributed by atoms with Gasteiger partial charge in [0.15, 0.2) is 11.9 Å². The lowest BCUT2D eigenvalue weighted by Gasteiger charge is -2.68. The normalized spacial score (nSPS) is 26.7. The summed E-state index contributed by atoms with van der Waals surface area (Å²) < 4.78 is 27.9. The van der Waals surface area contributed by atoms with Crippen molar-refractivity contribution in [2.24, 2.45) is 0 Å². The SMILES string of the molecule is C=CC[C@@]1(O)[C@H](NC(=O)C[C@@H](CCCCCCCCCCC)OCc2ccccc2)[C@@H](OCc2ccccc2)O[C@H](C(O)Cc2ccccc2)[C@]1(O)[C@@H]1O[C@H](C(O)Cc2ccccc2)[C@](O)(Cc2ccccc2)[C@@](O)(Cc2ccccc2)[C@@]1(O)Cc1ccccc1. The zero-order chi connectivity index (χ0) is 64.2. The first-order valence-corrected chi connectivity index (χ1v) is 32.8. The molecule has 7 aromatic rings. The van der Waals surface area contributed by atoms with Crippen LogP contribution in [0.4, 0.5) is 0 Å². The minimum Gasteiger partial charge on any atom is -0.390 e. The third kappa shape index (κ3) is 16.6. The van der Waals surface area contributed by atoms with Crippen molar-refractivity contribution in [1.29, 1.82) is 0 Å². The second kappa shape index (κ2) is 32.7. The quantitative estimate of drug-likeness (QED) is 0.0140. The molecule has 2 aliphatic heterocycles. The highest BCUT2D eigenvalue weighted by Gasteiger charge is 2.81. The zero-order valence-electron chi connectivity index (χ0n) is 52.7. The molecule has 0 spiro atoms. The van der Waals surface area contributed by atoms with Gasteiger partial charge in [0.05, 0.1) is 37.9 Å². The lowest BCUT2D eigenvalue weighted by molar-refractivity contribution is -0.431. The minimum absolute atomic E-state index is 0.127. The number of nitrogens with one attached hydrogen (secondary N) is 1. The molecular weight excluding hydrogens is 1140 g/mol. The molecule has 484 valence electrons. The van der Waals surface area contributed by atoms with Crippen molar-refractivity contribution >= 4 is 5.91 Å². The van der Waals surface area contributed by atoms with Gasteiger partial charge < -0.3 is 60.0 Å². The summed E-state index contributed by atoms with van der Waals surface area (Å²) in [5.74, 6) is -0.595. The first kappa shape index (κ1) is 68.7. The number of aliphatic hydroxyl groups excluding tert-OH is 2. The smallest absolute Gasteiger partial charge is 0.223 e. The van der Waals surface area contributed by atoms with Crippen LogP contribution in [0, 0.1) is 0 Å². The fourth-order valence-electron chi connectivity index (χ4n) is 14.0. The molecule has 13 heteroatoms. The summed E-state index contributed by atoms with van der Waals surface area (Å²) in [5, 5.41) is 103.